The van der Waals surface area contributed by atoms with E-state index >= 15 is 0 Å². The van der Waals surface area contributed by atoms with Crippen molar-refractivity contribution in [2.75, 3.05) is 0 Å². The van der Waals surface area contributed by atoms with Crippen LogP contribution in [0.15, 0.2) is 35.4 Å². The van der Waals surface area contributed by atoms with Crippen LogP contribution in [0, 0.1) is 9.39 Å². The minimum Gasteiger partial charge on any atom is -0.298 e. The summed E-state index contributed by atoms with van der Waals surface area (Å²) in [6.07, 6.45) is 3.51. The lowest BCUT2D eigenvalue weighted by Gasteiger charge is -2.19. The van der Waals surface area contributed by atoms with E-state index in [1.165, 1.54) is 18.5 Å². The van der Waals surface area contributed by atoms with Crippen LogP contribution in [0.25, 0.3) is 16.6 Å². The van der Waals surface area contributed by atoms with Crippen molar-refractivity contribution >= 4 is 39.6 Å². The Labute approximate surface area is 170 Å². The average Bonchev–Trinajstić information content (AvgIpc) is 2.62. The lowest BCUT2D eigenvalue weighted by molar-refractivity contribution is 0.112. The summed E-state index contributed by atoms with van der Waals surface area (Å²) in [6.45, 7) is 9.90. The molecule has 27 heavy (non-hydrogen) atoms. The number of benzene rings is 1. The Balaban J connectivity index is 0.00000126. The van der Waals surface area contributed by atoms with Gasteiger partial charge in [-0.3, -0.25) is 9.59 Å². The number of halogens is 2. The van der Waals surface area contributed by atoms with E-state index in [-0.39, 0.29) is 22.2 Å². The quantitative estimate of drug-likeness (QED) is 0.395. The fourth-order valence-electron chi connectivity index (χ4n) is 2.53. The van der Waals surface area contributed by atoms with Crippen molar-refractivity contribution in [1.29, 1.82) is 0 Å². The van der Waals surface area contributed by atoms with Crippen LogP contribution in [0.2, 0.25) is 0 Å². The molecule has 7 heteroatoms. The summed E-state index contributed by atoms with van der Waals surface area (Å²) in [5.74, 6) is -0.519. The van der Waals surface area contributed by atoms with Crippen LogP contribution in [0.4, 0.5) is 4.39 Å². The summed E-state index contributed by atoms with van der Waals surface area (Å²) in [4.78, 5) is 28.2. The van der Waals surface area contributed by atoms with Crippen molar-refractivity contribution in [3.05, 3.63) is 61.5 Å². The molecule has 0 saturated heterocycles. The van der Waals surface area contributed by atoms with E-state index in [1.54, 1.807) is 12.1 Å². The smallest absolute Gasteiger partial charge is 0.283 e. The largest absolute Gasteiger partial charge is 0.298 e. The number of nitrogens with zero attached hydrogens (tertiary/aromatic N) is 3. The summed E-state index contributed by atoms with van der Waals surface area (Å²) < 4.78 is 16.3. The Hall–Kier alpha value is -2.16. The minimum absolute atomic E-state index is 0.0690. The standard InChI is InChI=1S/C18H15FIN3O2.C2H6/c1-18(2,3)11-6-10-8-22-23(17(25)15(10)13(19)7-11)16-12(9-24)14(20)4-5-21-16;1-2/h4-9H,1-3H3;1-2H3. The van der Waals surface area contributed by atoms with E-state index < -0.39 is 11.4 Å². The molecular formula is C20H21FIN3O2. The van der Waals surface area contributed by atoms with Gasteiger partial charge < -0.3 is 0 Å². The summed E-state index contributed by atoms with van der Waals surface area (Å²) >= 11 is 1.97. The Bertz CT molecular complexity index is 1060. The van der Waals surface area contributed by atoms with Gasteiger partial charge in [-0.2, -0.15) is 9.78 Å². The van der Waals surface area contributed by atoms with Crippen LogP contribution in [-0.2, 0) is 5.41 Å². The van der Waals surface area contributed by atoms with Crippen molar-refractivity contribution in [2.24, 2.45) is 0 Å². The Morgan fingerprint density at radius 2 is 1.89 bits per heavy atom. The molecule has 2 heterocycles. The van der Waals surface area contributed by atoms with Crippen molar-refractivity contribution < 1.29 is 9.18 Å². The molecule has 3 aromatic rings. The summed E-state index contributed by atoms with van der Waals surface area (Å²) in [5, 5.41) is 4.46. The first-order valence-corrected chi connectivity index (χ1v) is 9.64. The van der Waals surface area contributed by atoms with Crippen LogP contribution >= 0.6 is 22.6 Å². The van der Waals surface area contributed by atoms with E-state index in [1.807, 2.05) is 57.2 Å². The Morgan fingerprint density at radius 1 is 1.22 bits per heavy atom. The third-order valence-electron chi connectivity index (χ3n) is 3.94. The fourth-order valence-corrected chi connectivity index (χ4v) is 3.06. The van der Waals surface area contributed by atoms with Gasteiger partial charge in [0.2, 0.25) is 0 Å². The highest BCUT2D eigenvalue weighted by Crippen LogP contribution is 2.27. The van der Waals surface area contributed by atoms with Gasteiger partial charge in [0.25, 0.3) is 5.56 Å². The molecule has 0 bridgehead atoms. The van der Waals surface area contributed by atoms with Gasteiger partial charge in [-0.1, -0.05) is 34.6 Å². The number of carbonyl (C=O) groups excluding carboxylic acids is 1. The number of rotatable bonds is 2. The van der Waals surface area contributed by atoms with Crippen molar-refractivity contribution in [3.8, 4) is 5.82 Å². The van der Waals surface area contributed by atoms with Gasteiger partial charge in [0.05, 0.1) is 17.1 Å². The van der Waals surface area contributed by atoms with Crippen LogP contribution in [0.3, 0.4) is 0 Å². The monoisotopic (exact) mass is 481 g/mol. The number of aldehydes is 1. The van der Waals surface area contributed by atoms with E-state index in [4.69, 9.17) is 0 Å². The second-order valence-corrected chi connectivity index (χ2v) is 7.84. The summed E-state index contributed by atoms with van der Waals surface area (Å²) in [7, 11) is 0. The van der Waals surface area contributed by atoms with Crippen molar-refractivity contribution in [2.45, 2.75) is 40.0 Å². The lowest BCUT2D eigenvalue weighted by Crippen LogP contribution is -2.24. The second-order valence-electron chi connectivity index (χ2n) is 6.68. The number of fused-ring (bicyclic) bond motifs is 1. The zero-order valence-electron chi connectivity index (χ0n) is 15.9. The predicted octanol–water partition coefficient (Wildman–Crippen LogP) is 4.66. The van der Waals surface area contributed by atoms with E-state index in [9.17, 15) is 14.0 Å². The third-order valence-corrected chi connectivity index (χ3v) is 4.88. The summed E-state index contributed by atoms with van der Waals surface area (Å²) in [6, 6.07) is 4.78. The van der Waals surface area contributed by atoms with Gasteiger partial charge in [0, 0.05) is 15.2 Å². The highest BCUT2D eigenvalue weighted by molar-refractivity contribution is 14.1. The molecule has 0 atom stereocenters. The molecule has 0 unspecified atom stereocenters. The number of hydrogen-bond acceptors (Lipinski definition) is 4. The molecule has 0 aliphatic heterocycles. The number of hydrogen-bond donors (Lipinski definition) is 0. The van der Waals surface area contributed by atoms with Crippen LogP contribution < -0.4 is 5.56 Å². The van der Waals surface area contributed by atoms with Gasteiger partial charge in [-0.15, -0.1) is 0 Å². The number of aromatic nitrogens is 3. The zero-order chi connectivity index (χ0) is 20.4. The maximum absolute atomic E-state index is 14.7. The molecular weight excluding hydrogens is 460 g/mol. The Morgan fingerprint density at radius 3 is 2.48 bits per heavy atom. The molecule has 142 valence electrons. The summed E-state index contributed by atoms with van der Waals surface area (Å²) in [5.41, 5.74) is 0.111. The van der Waals surface area contributed by atoms with E-state index in [0.717, 1.165) is 10.2 Å². The molecule has 0 saturated carbocycles. The number of carbonyl (C=O) groups is 1. The van der Waals surface area contributed by atoms with Gasteiger partial charge in [0.1, 0.15) is 5.82 Å². The van der Waals surface area contributed by atoms with Gasteiger partial charge in [0.15, 0.2) is 12.1 Å². The molecule has 0 radical (unpaired) electrons. The SMILES string of the molecule is CC.CC(C)(C)c1cc(F)c2c(=O)n(-c3nccc(I)c3C=O)ncc2c1. The van der Waals surface area contributed by atoms with Gasteiger partial charge in [-0.25, -0.2) is 9.37 Å². The first-order valence-electron chi connectivity index (χ1n) is 8.56. The van der Waals surface area contributed by atoms with Crippen molar-refractivity contribution in [3.63, 3.8) is 0 Å². The maximum atomic E-state index is 14.7. The molecule has 0 amide bonds. The van der Waals surface area contributed by atoms with E-state index in [2.05, 4.69) is 10.1 Å². The minimum atomic E-state index is -0.645. The molecule has 5 nitrogen and oxygen atoms in total. The topological polar surface area (TPSA) is 64.8 Å². The number of pyridine rings is 1. The van der Waals surface area contributed by atoms with Gasteiger partial charge >= 0.3 is 0 Å². The van der Waals surface area contributed by atoms with Crippen LogP contribution in [0.5, 0.6) is 0 Å². The zero-order valence-corrected chi connectivity index (χ0v) is 18.0. The molecule has 0 N–H and O–H groups in total. The van der Waals surface area contributed by atoms with Crippen LogP contribution in [-0.4, -0.2) is 21.1 Å². The van der Waals surface area contributed by atoms with Crippen molar-refractivity contribution in [1.82, 2.24) is 14.8 Å². The molecule has 0 aliphatic rings. The fraction of sp³-hybridized carbons (Fsp3) is 0.300. The van der Waals surface area contributed by atoms with Gasteiger partial charge in [-0.05, 0) is 51.8 Å². The highest BCUT2D eigenvalue weighted by Gasteiger charge is 2.20. The molecule has 1 aromatic carbocycles. The highest BCUT2D eigenvalue weighted by atomic mass is 127. The molecule has 0 aliphatic carbocycles. The molecule has 0 fully saturated rings. The molecule has 3 rings (SSSR count). The van der Waals surface area contributed by atoms with Crippen LogP contribution in [0.1, 0.15) is 50.5 Å². The Kier molecular flexibility index (Phi) is 6.46. The molecule has 0 spiro atoms. The van der Waals surface area contributed by atoms with E-state index in [0.29, 0.717) is 15.2 Å². The average molecular weight is 481 g/mol. The first-order chi connectivity index (χ1) is 12.7. The maximum Gasteiger partial charge on any atom is 0.283 e. The normalized spacial score (nSPS) is 11.1. The predicted molar refractivity (Wildman–Crippen MR) is 113 cm³/mol. The second kappa shape index (κ2) is 8.24. The third kappa shape index (κ3) is 4.07. The lowest BCUT2D eigenvalue weighted by atomic mass is 9.86. The molecule has 2 aromatic heterocycles. The first kappa shape index (κ1) is 21.1.